The summed E-state index contributed by atoms with van der Waals surface area (Å²) in [5, 5.41) is 2.96. The molecule has 0 bridgehead atoms. The van der Waals surface area contributed by atoms with E-state index in [-0.39, 0.29) is 23.9 Å². The standard InChI is InChI=1S/C15H24N2O2S/c1-2-12-14(18)16-13(11-3-4-11)15(19)17(12)9-10-5-7-20-8-6-10/h10-13H,2-9H2,1H3,(H,16,18). The molecule has 0 spiro atoms. The summed E-state index contributed by atoms with van der Waals surface area (Å²) in [5.41, 5.74) is 0. The molecule has 4 nitrogen and oxygen atoms in total. The predicted octanol–water partition coefficient (Wildman–Crippen LogP) is 1.65. The van der Waals surface area contributed by atoms with Gasteiger partial charge in [-0.15, -0.1) is 0 Å². The zero-order valence-corrected chi connectivity index (χ0v) is 13.0. The van der Waals surface area contributed by atoms with Crippen molar-refractivity contribution in [1.82, 2.24) is 10.2 Å². The van der Waals surface area contributed by atoms with Gasteiger partial charge >= 0.3 is 0 Å². The molecule has 0 radical (unpaired) electrons. The molecule has 20 heavy (non-hydrogen) atoms. The fourth-order valence-corrected chi connectivity index (χ4v) is 4.57. The molecular formula is C15H24N2O2S. The zero-order valence-electron chi connectivity index (χ0n) is 12.1. The second-order valence-electron chi connectivity index (χ2n) is 6.29. The van der Waals surface area contributed by atoms with Crippen LogP contribution in [0.15, 0.2) is 0 Å². The Labute approximate surface area is 125 Å². The van der Waals surface area contributed by atoms with Crippen LogP contribution in [0.2, 0.25) is 0 Å². The number of hydrogen-bond acceptors (Lipinski definition) is 3. The first kappa shape index (κ1) is 14.2. The van der Waals surface area contributed by atoms with Crippen molar-refractivity contribution >= 4 is 23.6 Å². The van der Waals surface area contributed by atoms with E-state index in [2.05, 4.69) is 5.32 Å². The quantitative estimate of drug-likeness (QED) is 0.858. The van der Waals surface area contributed by atoms with Crippen LogP contribution in [-0.2, 0) is 9.59 Å². The molecule has 2 amide bonds. The van der Waals surface area contributed by atoms with E-state index in [0.29, 0.717) is 11.8 Å². The lowest BCUT2D eigenvalue weighted by Crippen LogP contribution is -2.64. The van der Waals surface area contributed by atoms with Crippen molar-refractivity contribution in [2.45, 2.75) is 51.1 Å². The first-order valence-electron chi connectivity index (χ1n) is 7.89. The van der Waals surface area contributed by atoms with Gasteiger partial charge in [-0.2, -0.15) is 11.8 Å². The Morgan fingerprint density at radius 2 is 1.90 bits per heavy atom. The molecule has 2 unspecified atom stereocenters. The van der Waals surface area contributed by atoms with Gasteiger partial charge in [0, 0.05) is 6.54 Å². The second-order valence-corrected chi connectivity index (χ2v) is 7.52. The topological polar surface area (TPSA) is 49.4 Å². The highest BCUT2D eigenvalue weighted by Crippen LogP contribution is 2.36. The SMILES string of the molecule is CCC1C(=O)NC(C2CC2)C(=O)N1CC1CCSCC1. The van der Waals surface area contributed by atoms with Crippen molar-refractivity contribution in [3.63, 3.8) is 0 Å². The van der Waals surface area contributed by atoms with Gasteiger partial charge in [0.1, 0.15) is 12.1 Å². The predicted molar refractivity (Wildman–Crippen MR) is 80.5 cm³/mol. The molecule has 0 aromatic rings. The maximum atomic E-state index is 12.7. The zero-order chi connectivity index (χ0) is 14.1. The minimum Gasteiger partial charge on any atom is -0.342 e. The maximum absolute atomic E-state index is 12.7. The summed E-state index contributed by atoms with van der Waals surface area (Å²) in [7, 11) is 0. The molecule has 3 fully saturated rings. The van der Waals surface area contributed by atoms with Crippen LogP contribution < -0.4 is 5.32 Å². The molecule has 2 aliphatic heterocycles. The van der Waals surface area contributed by atoms with Gasteiger partial charge in [-0.25, -0.2) is 0 Å². The average molecular weight is 296 g/mol. The van der Waals surface area contributed by atoms with Crippen molar-refractivity contribution in [1.29, 1.82) is 0 Å². The Hall–Kier alpha value is -0.710. The average Bonchev–Trinajstić information content (AvgIpc) is 3.28. The minimum absolute atomic E-state index is 0.0641. The van der Waals surface area contributed by atoms with Gasteiger partial charge < -0.3 is 10.2 Å². The summed E-state index contributed by atoms with van der Waals surface area (Å²) >= 11 is 2.00. The van der Waals surface area contributed by atoms with E-state index in [1.54, 1.807) is 0 Å². The molecule has 3 rings (SSSR count). The number of nitrogens with zero attached hydrogens (tertiary/aromatic N) is 1. The van der Waals surface area contributed by atoms with E-state index in [1.165, 1.54) is 24.3 Å². The van der Waals surface area contributed by atoms with Gasteiger partial charge in [0.25, 0.3) is 0 Å². The van der Waals surface area contributed by atoms with Gasteiger partial charge in [0.15, 0.2) is 0 Å². The van der Waals surface area contributed by atoms with Crippen LogP contribution in [0.25, 0.3) is 0 Å². The van der Waals surface area contributed by atoms with E-state index >= 15 is 0 Å². The van der Waals surface area contributed by atoms with Gasteiger partial charge in [0.05, 0.1) is 0 Å². The fraction of sp³-hybridized carbons (Fsp3) is 0.867. The molecule has 1 aliphatic carbocycles. The summed E-state index contributed by atoms with van der Waals surface area (Å²) in [6.07, 6.45) is 5.25. The Kier molecular flexibility index (Phi) is 4.24. The smallest absolute Gasteiger partial charge is 0.246 e. The normalized spacial score (nSPS) is 32.4. The molecule has 1 saturated carbocycles. The largest absolute Gasteiger partial charge is 0.342 e. The Bertz CT molecular complexity index is 391. The second kappa shape index (κ2) is 5.96. The van der Waals surface area contributed by atoms with Crippen molar-refractivity contribution < 1.29 is 9.59 Å². The summed E-state index contributed by atoms with van der Waals surface area (Å²) in [6.45, 7) is 2.78. The van der Waals surface area contributed by atoms with Crippen molar-refractivity contribution in [2.75, 3.05) is 18.1 Å². The summed E-state index contributed by atoms with van der Waals surface area (Å²) < 4.78 is 0. The van der Waals surface area contributed by atoms with Crippen LogP contribution in [0.3, 0.4) is 0 Å². The van der Waals surface area contributed by atoms with Crippen LogP contribution in [-0.4, -0.2) is 46.8 Å². The molecule has 112 valence electrons. The molecule has 2 heterocycles. The van der Waals surface area contributed by atoms with Crippen LogP contribution in [0.4, 0.5) is 0 Å². The molecule has 5 heteroatoms. The first-order chi connectivity index (χ1) is 9.70. The molecule has 2 atom stereocenters. The fourth-order valence-electron chi connectivity index (χ4n) is 3.36. The third-order valence-corrected chi connectivity index (χ3v) is 5.85. The molecule has 0 aromatic carbocycles. The number of hydrogen-bond donors (Lipinski definition) is 1. The van der Waals surface area contributed by atoms with Crippen LogP contribution in [0.5, 0.6) is 0 Å². The highest BCUT2D eigenvalue weighted by molar-refractivity contribution is 7.99. The molecular weight excluding hydrogens is 272 g/mol. The van der Waals surface area contributed by atoms with Crippen molar-refractivity contribution in [3.05, 3.63) is 0 Å². The van der Waals surface area contributed by atoms with Gasteiger partial charge in [0.2, 0.25) is 11.8 Å². The summed E-state index contributed by atoms with van der Waals surface area (Å²) in [6, 6.07) is -0.477. The van der Waals surface area contributed by atoms with Crippen molar-refractivity contribution in [2.24, 2.45) is 11.8 Å². The number of piperazine rings is 1. The number of thioether (sulfide) groups is 1. The van der Waals surface area contributed by atoms with E-state index < -0.39 is 0 Å². The van der Waals surface area contributed by atoms with Crippen LogP contribution in [0, 0.1) is 11.8 Å². The Morgan fingerprint density at radius 3 is 2.50 bits per heavy atom. The van der Waals surface area contributed by atoms with E-state index in [9.17, 15) is 9.59 Å². The number of rotatable bonds is 4. The number of carbonyl (C=O) groups is 2. The molecule has 2 saturated heterocycles. The molecule has 1 N–H and O–H groups in total. The number of carbonyl (C=O) groups excluding carboxylic acids is 2. The minimum atomic E-state index is -0.243. The van der Waals surface area contributed by atoms with E-state index in [1.807, 2.05) is 23.6 Å². The third-order valence-electron chi connectivity index (χ3n) is 4.80. The number of amides is 2. The van der Waals surface area contributed by atoms with E-state index in [0.717, 1.165) is 25.8 Å². The Balaban J connectivity index is 1.71. The third kappa shape index (κ3) is 2.83. The van der Waals surface area contributed by atoms with Crippen molar-refractivity contribution in [3.8, 4) is 0 Å². The van der Waals surface area contributed by atoms with E-state index in [4.69, 9.17) is 0 Å². The highest BCUT2D eigenvalue weighted by atomic mass is 32.2. The summed E-state index contributed by atoms with van der Waals surface area (Å²) in [5.74, 6) is 3.61. The van der Waals surface area contributed by atoms with Gasteiger partial charge in [-0.05, 0) is 55.4 Å². The monoisotopic (exact) mass is 296 g/mol. The molecule has 3 aliphatic rings. The lowest BCUT2D eigenvalue weighted by Gasteiger charge is -2.41. The number of nitrogens with one attached hydrogen (secondary N) is 1. The lowest BCUT2D eigenvalue weighted by molar-refractivity contribution is -0.150. The van der Waals surface area contributed by atoms with Gasteiger partial charge in [-0.1, -0.05) is 6.92 Å². The van der Waals surface area contributed by atoms with Crippen LogP contribution >= 0.6 is 11.8 Å². The molecule has 0 aromatic heterocycles. The lowest BCUT2D eigenvalue weighted by atomic mass is 9.96. The summed E-state index contributed by atoms with van der Waals surface area (Å²) in [4.78, 5) is 26.9. The maximum Gasteiger partial charge on any atom is 0.246 e. The highest BCUT2D eigenvalue weighted by Gasteiger charge is 2.46. The van der Waals surface area contributed by atoms with Gasteiger partial charge in [-0.3, -0.25) is 9.59 Å². The first-order valence-corrected chi connectivity index (χ1v) is 9.04. The Morgan fingerprint density at radius 1 is 1.20 bits per heavy atom. The van der Waals surface area contributed by atoms with Crippen LogP contribution in [0.1, 0.15) is 39.0 Å².